The molecule has 438 valence electrons. The van der Waals surface area contributed by atoms with Crippen LogP contribution >= 0.6 is 0 Å². The van der Waals surface area contributed by atoms with Gasteiger partial charge < -0.3 is 19.4 Å². The van der Waals surface area contributed by atoms with Crippen LogP contribution in [-0.4, -0.2) is 87.0 Å². The Morgan fingerprint density at radius 1 is 0.405 bits per heavy atom. The molecule has 0 amide bonds. The number of quaternary nitrogens is 2. The molecule has 0 saturated carbocycles. The standard InChI is InChI=1S/C74H90N6O4/c1-9-11-13-15-17-19-21-23-45-83-59-35-27-31-55(49-59)73-67-41-37-63(75-67)61(51-71(81)53-29-25-33-57(47-53)79(3,4)5)65-39-43-69(77-65)74(56-32-28-36-60(50-56)84-46-24-22-20-18-16-14-12-10-2)70-44-40-66(78-70)62(64-38-42-68(73)76-64)52-72(82)54-30-26-34-58(48-54)80(6,7)8/h25-44,47-50,75,78H,9-24,45-46,51-52H2,1-8H3/q+2. The first kappa shape index (κ1) is 60.9. The summed E-state index contributed by atoms with van der Waals surface area (Å²) in [6.07, 6.45) is 28.0. The Bertz CT molecular complexity index is 3400. The van der Waals surface area contributed by atoms with E-state index in [1.54, 1.807) is 0 Å². The van der Waals surface area contributed by atoms with Crippen molar-refractivity contribution < 1.29 is 19.1 Å². The molecule has 0 fully saturated rings. The fourth-order valence-corrected chi connectivity index (χ4v) is 11.4. The Labute approximate surface area is 499 Å². The fourth-order valence-electron chi connectivity index (χ4n) is 11.4. The van der Waals surface area contributed by atoms with Gasteiger partial charge in [-0.15, -0.1) is 0 Å². The molecule has 0 saturated heterocycles. The molecular weight excluding hydrogens is 1040 g/mol. The number of rotatable bonds is 30. The lowest BCUT2D eigenvalue weighted by Crippen LogP contribution is -2.34. The van der Waals surface area contributed by atoms with E-state index >= 15 is 0 Å². The van der Waals surface area contributed by atoms with Gasteiger partial charge in [-0.25, -0.2) is 9.97 Å². The zero-order valence-electron chi connectivity index (χ0n) is 51.4. The van der Waals surface area contributed by atoms with Crippen LogP contribution < -0.4 is 18.4 Å². The van der Waals surface area contributed by atoms with E-state index in [2.05, 4.69) is 139 Å². The van der Waals surface area contributed by atoms with Crippen LogP contribution in [0, 0.1) is 0 Å². The second kappa shape index (κ2) is 28.8. The molecule has 0 unspecified atom stereocenters. The van der Waals surface area contributed by atoms with E-state index in [0.717, 1.165) is 115 Å². The number of Topliss-reactive ketones (excluding diaryl/α,β-unsaturated/α-hetero) is 2. The molecule has 2 aliphatic heterocycles. The molecule has 0 radical (unpaired) electrons. The summed E-state index contributed by atoms with van der Waals surface area (Å²) in [6, 6.07) is 40.8. The topological polar surface area (TPSA) is 110 Å². The number of aromatic nitrogens is 4. The predicted molar refractivity (Wildman–Crippen MR) is 354 cm³/mol. The molecule has 84 heavy (non-hydrogen) atoms. The third-order valence-corrected chi connectivity index (χ3v) is 16.3. The summed E-state index contributed by atoms with van der Waals surface area (Å²) in [5.74, 6) is 1.56. The minimum Gasteiger partial charge on any atom is -0.494 e. The molecule has 2 aliphatic rings. The molecule has 7 aromatic rings. The first-order valence-corrected chi connectivity index (χ1v) is 31.2. The van der Waals surface area contributed by atoms with Crippen LogP contribution in [0.4, 0.5) is 11.4 Å². The second-order valence-corrected chi connectivity index (χ2v) is 24.7. The summed E-state index contributed by atoms with van der Waals surface area (Å²) in [5, 5.41) is 0. The van der Waals surface area contributed by atoms with E-state index < -0.39 is 0 Å². The van der Waals surface area contributed by atoms with Crippen molar-refractivity contribution in [1.29, 1.82) is 0 Å². The molecule has 5 heterocycles. The number of fused-ring (bicyclic) bond motifs is 8. The number of unbranched alkanes of at least 4 members (excludes halogenated alkanes) is 14. The van der Waals surface area contributed by atoms with Crippen molar-refractivity contribution >= 4 is 69.3 Å². The number of nitrogens with zero attached hydrogens (tertiary/aromatic N) is 4. The Balaban J connectivity index is 1.21. The largest absolute Gasteiger partial charge is 0.494 e. The van der Waals surface area contributed by atoms with E-state index in [4.69, 9.17) is 19.4 Å². The van der Waals surface area contributed by atoms with Crippen LogP contribution in [0.5, 0.6) is 11.5 Å². The average Bonchev–Trinajstić information content (AvgIpc) is 2.49. The van der Waals surface area contributed by atoms with E-state index in [0.29, 0.717) is 44.7 Å². The molecule has 0 aliphatic carbocycles. The van der Waals surface area contributed by atoms with Gasteiger partial charge in [0.15, 0.2) is 11.6 Å². The van der Waals surface area contributed by atoms with E-state index in [1.165, 1.54) is 77.0 Å². The summed E-state index contributed by atoms with van der Waals surface area (Å²) in [6.45, 7) is 5.79. The molecule has 0 atom stereocenters. The van der Waals surface area contributed by atoms with Gasteiger partial charge >= 0.3 is 0 Å². The highest BCUT2D eigenvalue weighted by Crippen LogP contribution is 2.37. The Kier molecular flexibility index (Phi) is 20.9. The number of benzene rings is 4. The molecule has 8 bridgehead atoms. The lowest BCUT2D eigenvalue weighted by atomic mass is 10.0. The zero-order chi connectivity index (χ0) is 59.1. The zero-order valence-corrected chi connectivity index (χ0v) is 51.4. The molecule has 10 nitrogen and oxygen atoms in total. The van der Waals surface area contributed by atoms with Crippen molar-refractivity contribution in [2.45, 2.75) is 129 Å². The Morgan fingerprint density at radius 2 is 0.762 bits per heavy atom. The summed E-state index contributed by atoms with van der Waals surface area (Å²) in [7, 11) is 12.7. The van der Waals surface area contributed by atoms with Gasteiger partial charge in [-0.05, 0) is 109 Å². The van der Waals surface area contributed by atoms with Crippen LogP contribution in [0.15, 0.2) is 121 Å². The first-order chi connectivity index (χ1) is 40.7. The van der Waals surface area contributed by atoms with Crippen molar-refractivity contribution in [3.8, 4) is 33.8 Å². The fraction of sp³-hybridized carbons (Fsp3) is 0.378. The summed E-state index contributed by atoms with van der Waals surface area (Å²) >= 11 is 0. The van der Waals surface area contributed by atoms with Crippen LogP contribution in [0.3, 0.4) is 0 Å². The monoisotopic (exact) mass is 1130 g/mol. The maximum atomic E-state index is 14.8. The predicted octanol–water partition coefficient (Wildman–Crippen LogP) is 18.3. The smallest absolute Gasteiger partial charge is 0.167 e. The quantitative estimate of drug-likeness (QED) is 0.0264. The van der Waals surface area contributed by atoms with Crippen molar-refractivity contribution in [2.75, 3.05) is 55.5 Å². The number of carbonyl (C=O) groups excluding carboxylic acids is 2. The van der Waals surface area contributed by atoms with Gasteiger partial charge in [-0.2, -0.15) is 0 Å². The number of H-pyrrole nitrogens is 2. The molecular formula is C74H90N6O4+2. The van der Waals surface area contributed by atoms with Crippen LogP contribution in [-0.2, 0) is 12.8 Å². The molecule has 3 aromatic heterocycles. The first-order valence-electron chi connectivity index (χ1n) is 31.2. The number of ketones is 2. The average molecular weight is 1130 g/mol. The van der Waals surface area contributed by atoms with Gasteiger partial charge in [0.2, 0.25) is 0 Å². The number of aromatic amines is 2. The van der Waals surface area contributed by atoms with Gasteiger partial charge in [-0.3, -0.25) is 18.6 Å². The van der Waals surface area contributed by atoms with Gasteiger partial charge in [0.25, 0.3) is 0 Å². The van der Waals surface area contributed by atoms with E-state index in [-0.39, 0.29) is 24.4 Å². The highest BCUT2D eigenvalue weighted by atomic mass is 16.5. The van der Waals surface area contributed by atoms with Gasteiger partial charge in [0.05, 0.1) is 78.3 Å². The lowest BCUT2D eigenvalue weighted by molar-refractivity contribution is 0.0985. The highest BCUT2D eigenvalue weighted by molar-refractivity contribution is 6.02. The maximum absolute atomic E-state index is 14.8. The molecule has 4 aromatic carbocycles. The second-order valence-electron chi connectivity index (χ2n) is 24.7. The minimum absolute atomic E-state index is 0.00957. The van der Waals surface area contributed by atoms with Crippen LogP contribution in [0.25, 0.3) is 68.6 Å². The van der Waals surface area contributed by atoms with Crippen molar-refractivity contribution in [3.05, 3.63) is 166 Å². The molecule has 2 N–H and O–H groups in total. The number of ether oxygens (including phenoxy) is 2. The van der Waals surface area contributed by atoms with Gasteiger partial charge in [-0.1, -0.05) is 152 Å². The third-order valence-electron chi connectivity index (χ3n) is 16.3. The third kappa shape index (κ3) is 15.9. The maximum Gasteiger partial charge on any atom is 0.167 e. The van der Waals surface area contributed by atoms with Gasteiger partial charge in [0.1, 0.15) is 22.9 Å². The highest BCUT2D eigenvalue weighted by Gasteiger charge is 2.23. The summed E-state index contributed by atoms with van der Waals surface area (Å²) < 4.78 is 14.1. The molecule has 9 rings (SSSR count). The number of hydrogen-bond donors (Lipinski definition) is 2. The Morgan fingerprint density at radius 3 is 1.15 bits per heavy atom. The molecule has 0 spiro atoms. The normalized spacial score (nSPS) is 12.3. The van der Waals surface area contributed by atoms with Crippen LogP contribution in [0.1, 0.15) is 171 Å². The minimum atomic E-state index is -0.00957. The Hall–Kier alpha value is -7.66. The lowest BCUT2D eigenvalue weighted by Gasteiger charge is -2.23. The SMILES string of the molecule is CCCCCCCCCCOc1cccc(-c2c3nc(c(CC(=O)c4cccc([N+](C)(C)C)c4)c4ccc([nH]4)c(-c4cccc(OCCCCCCCCCC)c4)c4nc(c(CC(=O)c5cccc([N+](C)(C)C)c5)c5ccc2[nH]5)C=C4)C=C3)c1. The number of hydrogen-bond acceptors (Lipinski definition) is 6. The van der Waals surface area contributed by atoms with E-state index in [9.17, 15) is 9.59 Å². The number of nitrogens with one attached hydrogen (secondary N) is 2. The number of carbonyl (C=O) groups is 2. The van der Waals surface area contributed by atoms with Crippen molar-refractivity contribution in [1.82, 2.24) is 28.9 Å². The van der Waals surface area contributed by atoms with Gasteiger partial charge in [0, 0.05) is 80.4 Å². The van der Waals surface area contributed by atoms with E-state index in [1.807, 2.05) is 72.8 Å². The molecule has 10 heteroatoms. The van der Waals surface area contributed by atoms with Crippen molar-refractivity contribution in [2.24, 2.45) is 0 Å². The van der Waals surface area contributed by atoms with Crippen molar-refractivity contribution in [3.63, 3.8) is 0 Å². The summed E-state index contributed by atoms with van der Waals surface area (Å²) in [4.78, 5) is 48.2. The summed E-state index contributed by atoms with van der Waals surface area (Å²) in [5.41, 5.74) is 14.5. The van der Waals surface area contributed by atoms with Crippen LogP contribution in [0.2, 0.25) is 0 Å².